The van der Waals surface area contributed by atoms with E-state index in [-0.39, 0.29) is 16.6 Å². The summed E-state index contributed by atoms with van der Waals surface area (Å²) in [6, 6.07) is 13.0. The van der Waals surface area contributed by atoms with E-state index in [4.69, 9.17) is 0 Å². The van der Waals surface area contributed by atoms with Crippen molar-refractivity contribution in [2.45, 2.75) is 30.7 Å². The molecule has 0 aromatic heterocycles. The predicted octanol–water partition coefficient (Wildman–Crippen LogP) is 3.43. The molecule has 0 unspecified atom stereocenters. The Hall–Kier alpha value is -2.25. The van der Waals surface area contributed by atoms with E-state index in [1.165, 1.54) is 28.6 Å². The van der Waals surface area contributed by atoms with Crippen LogP contribution in [0.15, 0.2) is 53.4 Å². The van der Waals surface area contributed by atoms with Crippen molar-refractivity contribution in [2.24, 2.45) is 0 Å². The lowest BCUT2D eigenvalue weighted by Crippen LogP contribution is -2.31. The van der Waals surface area contributed by atoms with Gasteiger partial charge in [0.15, 0.2) is 4.90 Å². The molecule has 6 nitrogen and oxygen atoms in total. The number of nitro benzene ring substituents is 1. The summed E-state index contributed by atoms with van der Waals surface area (Å²) in [6.45, 7) is 2.33. The second kappa shape index (κ2) is 6.33. The third-order valence-electron chi connectivity index (χ3n) is 4.28. The van der Waals surface area contributed by atoms with Crippen LogP contribution >= 0.6 is 0 Å². The highest BCUT2D eigenvalue weighted by atomic mass is 32.2. The second-order valence-corrected chi connectivity index (χ2v) is 7.77. The maximum Gasteiger partial charge on any atom is 0.289 e. The van der Waals surface area contributed by atoms with E-state index in [2.05, 4.69) is 0 Å². The topological polar surface area (TPSA) is 80.5 Å². The zero-order valence-electron chi connectivity index (χ0n) is 13.3. The van der Waals surface area contributed by atoms with E-state index < -0.39 is 14.9 Å². The fourth-order valence-corrected chi connectivity index (χ4v) is 5.03. The highest BCUT2D eigenvalue weighted by Crippen LogP contribution is 2.38. The molecule has 2 aromatic carbocycles. The summed E-state index contributed by atoms with van der Waals surface area (Å²) in [4.78, 5) is 10.3. The van der Waals surface area contributed by atoms with Crippen molar-refractivity contribution < 1.29 is 13.3 Å². The van der Waals surface area contributed by atoms with Crippen LogP contribution in [0.4, 0.5) is 5.69 Å². The number of hydrogen-bond acceptors (Lipinski definition) is 4. The quantitative estimate of drug-likeness (QED) is 0.627. The van der Waals surface area contributed by atoms with Gasteiger partial charge in [-0.05, 0) is 31.4 Å². The van der Waals surface area contributed by atoms with Crippen LogP contribution in [0.5, 0.6) is 0 Å². The van der Waals surface area contributed by atoms with Gasteiger partial charge in [0.1, 0.15) is 0 Å². The van der Waals surface area contributed by atoms with Gasteiger partial charge in [0.25, 0.3) is 5.69 Å². The van der Waals surface area contributed by atoms with Gasteiger partial charge >= 0.3 is 0 Å². The summed E-state index contributed by atoms with van der Waals surface area (Å²) < 4.78 is 27.5. The SMILES string of the molecule is Cc1cccc([C@@H]2CCCN2S(=O)(=O)c2ccccc2[N+](=O)[O-])c1. The number of nitrogens with zero attached hydrogens (tertiary/aromatic N) is 2. The smallest absolute Gasteiger partial charge is 0.258 e. The standard InChI is InChI=1S/C17H18N2O4S/c1-13-6-4-7-14(12-13)15-9-5-11-18(15)24(22,23)17-10-3-2-8-16(17)19(20)21/h2-4,6-8,10,12,15H,5,9,11H2,1H3/t15-/m0/s1. The summed E-state index contributed by atoms with van der Waals surface area (Å²) in [7, 11) is -3.93. The predicted molar refractivity (Wildman–Crippen MR) is 90.1 cm³/mol. The molecule has 0 spiro atoms. The van der Waals surface area contributed by atoms with Gasteiger partial charge in [0.2, 0.25) is 10.0 Å². The molecule has 0 N–H and O–H groups in total. The van der Waals surface area contributed by atoms with Crippen LogP contribution in [-0.2, 0) is 10.0 Å². The summed E-state index contributed by atoms with van der Waals surface area (Å²) in [6.07, 6.45) is 1.45. The van der Waals surface area contributed by atoms with E-state index in [1.54, 1.807) is 0 Å². The van der Waals surface area contributed by atoms with Crippen molar-refractivity contribution in [1.82, 2.24) is 4.31 Å². The number of nitro groups is 1. The van der Waals surface area contributed by atoms with Crippen molar-refractivity contribution >= 4 is 15.7 Å². The minimum absolute atomic E-state index is 0.241. The molecule has 7 heteroatoms. The first kappa shape index (κ1) is 16.6. The number of para-hydroxylation sites is 1. The van der Waals surface area contributed by atoms with Crippen LogP contribution in [-0.4, -0.2) is 24.2 Å². The van der Waals surface area contributed by atoms with E-state index in [0.29, 0.717) is 13.0 Å². The number of aryl methyl sites for hydroxylation is 1. The van der Waals surface area contributed by atoms with E-state index in [1.807, 2.05) is 31.2 Å². The lowest BCUT2D eigenvalue weighted by Gasteiger charge is -2.24. The second-order valence-electron chi connectivity index (χ2n) is 5.91. The molecular weight excluding hydrogens is 328 g/mol. The average Bonchev–Trinajstić information content (AvgIpc) is 3.05. The monoisotopic (exact) mass is 346 g/mol. The van der Waals surface area contributed by atoms with Gasteiger partial charge in [-0.15, -0.1) is 0 Å². The molecule has 1 aliphatic rings. The summed E-state index contributed by atoms with van der Waals surface area (Å²) in [5, 5.41) is 11.2. The Balaban J connectivity index is 2.05. The van der Waals surface area contributed by atoms with Crippen molar-refractivity contribution in [3.8, 4) is 0 Å². The molecule has 0 bridgehead atoms. The van der Waals surface area contributed by atoms with Crippen LogP contribution in [0, 0.1) is 17.0 Å². The fraction of sp³-hybridized carbons (Fsp3) is 0.294. The molecule has 1 fully saturated rings. The third kappa shape index (κ3) is 2.92. The van der Waals surface area contributed by atoms with Crippen LogP contribution in [0.1, 0.15) is 30.0 Å². The molecule has 0 saturated carbocycles. The Kier molecular flexibility index (Phi) is 4.38. The first-order valence-electron chi connectivity index (χ1n) is 7.73. The molecule has 3 rings (SSSR count). The molecule has 126 valence electrons. The average molecular weight is 346 g/mol. The molecule has 1 aliphatic heterocycles. The molecule has 1 atom stereocenters. The van der Waals surface area contributed by atoms with Crippen LogP contribution in [0.25, 0.3) is 0 Å². The molecule has 0 radical (unpaired) electrons. The Morgan fingerprint density at radius 2 is 1.92 bits per heavy atom. The van der Waals surface area contributed by atoms with Gasteiger partial charge in [-0.2, -0.15) is 4.31 Å². The Morgan fingerprint density at radius 1 is 1.17 bits per heavy atom. The summed E-state index contributed by atoms with van der Waals surface area (Å²) in [5.41, 5.74) is 1.60. The number of sulfonamides is 1. The lowest BCUT2D eigenvalue weighted by atomic mass is 10.0. The van der Waals surface area contributed by atoms with Gasteiger partial charge in [-0.1, -0.05) is 42.0 Å². The van der Waals surface area contributed by atoms with Crippen molar-refractivity contribution in [2.75, 3.05) is 6.54 Å². The Bertz CT molecular complexity index is 880. The van der Waals surface area contributed by atoms with Gasteiger partial charge in [0, 0.05) is 12.6 Å². The molecule has 0 amide bonds. The van der Waals surface area contributed by atoms with Gasteiger partial charge in [-0.25, -0.2) is 8.42 Å². The maximum atomic E-state index is 13.0. The molecule has 2 aromatic rings. The largest absolute Gasteiger partial charge is 0.289 e. The summed E-state index contributed by atoms with van der Waals surface area (Å²) >= 11 is 0. The highest BCUT2D eigenvalue weighted by Gasteiger charge is 2.39. The fourth-order valence-electron chi connectivity index (χ4n) is 3.19. The number of benzene rings is 2. The van der Waals surface area contributed by atoms with Gasteiger partial charge in [0.05, 0.1) is 11.0 Å². The van der Waals surface area contributed by atoms with Crippen LogP contribution in [0.3, 0.4) is 0 Å². The molecular formula is C17H18N2O4S. The molecule has 24 heavy (non-hydrogen) atoms. The van der Waals surface area contributed by atoms with E-state index >= 15 is 0 Å². The molecule has 0 aliphatic carbocycles. The molecule has 1 saturated heterocycles. The lowest BCUT2D eigenvalue weighted by molar-refractivity contribution is -0.387. The third-order valence-corrected chi connectivity index (χ3v) is 6.23. The zero-order valence-corrected chi connectivity index (χ0v) is 14.1. The van der Waals surface area contributed by atoms with Crippen molar-refractivity contribution in [3.05, 3.63) is 69.8 Å². The minimum atomic E-state index is -3.93. The summed E-state index contributed by atoms with van der Waals surface area (Å²) in [5.74, 6) is 0. The maximum absolute atomic E-state index is 13.0. The number of rotatable bonds is 4. The van der Waals surface area contributed by atoms with Gasteiger partial charge in [-0.3, -0.25) is 10.1 Å². The van der Waals surface area contributed by atoms with Crippen LogP contribution in [0.2, 0.25) is 0 Å². The van der Waals surface area contributed by atoms with E-state index in [0.717, 1.165) is 17.5 Å². The van der Waals surface area contributed by atoms with Crippen LogP contribution < -0.4 is 0 Å². The normalized spacial score (nSPS) is 18.6. The highest BCUT2D eigenvalue weighted by molar-refractivity contribution is 7.89. The minimum Gasteiger partial charge on any atom is -0.258 e. The zero-order chi connectivity index (χ0) is 17.3. The first-order chi connectivity index (χ1) is 11.4. The first-order valence-corrected chi connectivity index (χ1v) is 9.17. The van der Waals surface area contributed by atoms with E-state index in [9.17, 15) is 18.5 Å². The number of hydrogen-bond donors (Lipinski definition) is 0. The Labute approximate surface area is 140 Å². The van der Waals surface area contributed by atoms with Crippen molar-refractivity contribution in [1.29, 1.82) is 0 Å². The molecule has 1 heterocycles. The van der Waals surface area contributed by atoms with Crippen molar-refractivity contribution in [3.63, 3.8) is 0 Å². The Morgan fingerprint density at radius 3 is 2.62 bits per heavy atom. The van der Waals surface area contributed by atoms with Gasteiger partial charge < -0.3 is 0 Å².